The van der Waals surface area contributed by atoms with E-state index in [0.29, 0.717) is 0 Å². The van der Waals surface area contributed by atoms with Crippen molar-refractivity contribution in [3.05, 3.63) is 36.0 Å². The maximum absolute atomic E-state index is 11.9. The number of alkyl carbamates (subject to hydrolysis) is 1. The molecule has 0 spiro atoms. The molecule has 1 heterocycles. The minimum absolute atomic E-state index is 0.222. The van der Waals surface area contributed by atoms with Gasteiger partial charge in [-0.25, -0.2) is 9.59 Å². The molecule has 1 aromatic heterocycles. The van der Waals surface area contributed by atoms with Crippen molar-refractivity contribution in [3.63, 3.8) is 0 Å². The monoisotopic (exact) mass is 392 g/mol. The van der Waals surface area contributed by atoms with E-state index < -0.39 is 28.5 Å². The van der Waals surface area contributed by atoms with E-state index in [0.717, 1.165) is 16.5 Å². The number of methoxy groups -OCH3 is 1. The first kappa shape index (κ1) is 18.7. The summed E-state index contributed by atoms with van der Waals surface area (Å²) in [7, 11) is 1.24. The second-order valence-electron chi connectivity index (χ2n) is 4.98. The number of fused-ring (bicyclic) bond motifs is 1. The molecule has 6 nitrogen and oxygen atoms in total. The number of halogens is 3. The van der Waals surface area contributed by atoms with Crippen LogP contribution in [0.1, 0.15) is 5.56 Å². The number of carbonyl (C=O) groups excluding carboxylic acids is 2. The number of hydrogen-bond donors (Lipinski definition) is 2. The van der Waals surface area contributed by atoms with E-state index in [1.54, 1.807) is 6.20 Å². The summed E-state index contributed by atoms with van der Waals surface area (Å²) in [5.41, 5.74) is 1.78. The normalized spacial score (nSPS) is 12.7. The van der Waals surface area contributed by atoms with Gasteiger partial charge in [0.15, 0.2) is 0 Å². The number of amides is 1. The maximum atomic E-state index is 11.9. The fourth-order valence-corrected chi connectivity index (χ4v) is 2.35. The molecule has 130 valence electrons. The highest BCUT2D eigenvalue weighted by Crippen LogP contribution is 2.26. The number of esters is 1. The second-order valence-corrected chi connectivity index (χ2v) is 7.49. The highest BCUT2D eigenvalue weighted by molar-refractivity contribution is 6.67. The average Bonchev–Trinajstić information content (AvgIpc) is 2.94. The summed E-state index contributed by atoms with van der Waals surface area (Å²) < 4.78 is 7.77. The van der Waals surface area contributed by atoms with Gasteiger partial charge in [0.25, 0.3) is 0 Å². The molecule has 0 fully saturated rings. The molecule has 0 bridgehead atoms. The van der Waals surface area contributed by atoms with Crippen LogP contribution in [-0.4, -0.2) is 40.6 Å². The van der Waals surface area contributed by atoms with E-state index in [9.17, 15) is 9.59 Å². The molecule has 1 atom stereocenters. The highest BCUT2D eigenvalue weighted by Gasteiger charge is 2.26. The van der Waals surface area contributed by atoms with Gasteiger partial charge >= 0.3 is 12.1 Å². The molecule has 2 rings (SSSR count). The van der Waals surface area contributed by atoms with E-state index in [4.69, 9.17) is 44.3 Å². The molecule has 0 aliphatic rings. The smallest absolute Gasteiger partial charge is 0.408 e. The summed E-state index contributed by atoms with van der Waals surface area (Å²) in [5, 5.41) is 3.36. The lowest BCUT2D eigenvalue weighted by Crippen LogP contribution is -2.43. The number of aromatic nitrogens is 1. The Labute approximate surface area is 153 Å². The SMILES string of the molecule is COC(=O)[C@@H](Cc1c[nH]c2ccccc12)NC(=O)OCC(Cl)(Cl)Cl. The summed E-state index contributed by atoms with van der Waals surface area (Å²) in [5.74, 6) is -0.605. The second kappa shape index (κ2) is 7.96. The van der Waals surface area contributed by atoms with Gasteiger partial charge < -0.3 is 19.8 Å². The molecule has 2 N–H and O–H groups in total. The number of H-pyrrole nitrogens is 1. The van der Waals surface area contributed by atoms with Crippen molar-refractivity contribution in [2.45, 2.75) is 16.3 Å². The lowest BCUT2D eigenvalue weighted by molar-refractivity contribution is -0.142. The van der Waals surface area contributed by atoms with Crippen LogP contribution in [0.2, 0.25) is 0 Å². The lowest BCUT2D eigenvalue weighted by Gasteiger charge is -2.17. The average molecular weight is 394 g/mol. The number of benzene rings is 1. The Morgan fingerprint density at radius 3 is 2.67 bits per heavy atom. The largest absolute Gasteiger partial charge is 0.467 e. The van der Waals surface area contributed by atoms with Crippen LogP contribution in [0.25, 0.3) is 10.9 Å². The van der Waals surface area contributed by atoms with Crippen LogP contribution in [0.5, 0.6) is 0 Å². The summed E-state index contributed by atoms with van der Waals surface area (Å²) in [6.45, 7) is -0.440. The van der Waals surface area contributed by atoms with Crippen molar-refractivity contribution in [2.75, 3.05) is 13.7 Å². The van der Waals surface area contributed by atoms with Gasteiger partial charge in [-0.1, -0.05) is 53.0 Å². The quantitative estimate of drug-likeness (QED) is 0.603. The Bertz CT molecular complexity index is 727. The standard InChI is InChI=1S/C15H15Cl3N2O4/c1-23-13(21)12(20-14(22)24-8-15(16,17)18)6-9-7-19-11-5-3-2-4-10(9)11/h2-5,7,12,19H,6,8H2,1H3,(H,20,22)/t12-/m1/s1. The third kappa shape index (κ3) is 5.19. The van der Waals surface area contributed by atoms with E-state index in [1.165, 1.54) is 7.11 Å². The van der Waals surface area contributed by atoms with E-state index in [2.05, 4.69) is 10.3 Å². The van der Waals surface area contributed by atoms with E-state index in [1.807, 2.05) is 24.3 Å². The molecular formula is C15H15Cl3N2O4. The van der Waals surface area contributed by atoms with Crippen LogP contribution in [0, 0.1) is 0 Å². The number of para-hydroxylation sites is 1. The first-order valence-electron chi connectivity index (χ1n) is 6.93. The highest BCUT2D eigenvalue weighted by atomic mass is 35.6. The molecular weight excluding hydrogens is 379 g/mol. The molecule has 24 heavy (non-hydrogen) atoms. The van der Waals surface area contributed by atoms with Crippen molar-refractivity contribution in [2.24, 2.45) is 0 Å². The van der Waals surface area contributed by atoms with Crippen LogP contribution >= 0.6 is 34.8 Å². The van der Waals surface area contributed by atoms with Crippen molar-refractivity contribution in [1.82, 2.24) is 10.3 Å². The van der Waals surface area contributed by atoms with Crippen molar-refractivity contribution < 1.29 is 19.1 Å². The van der Waals surface area contributed by atoms with Gasteiger partial charge in [-0.15, -0.1) is 0 Å². The van der Waals surface area contributed by atoms with Gasteiger partial charge in [-0.2, -0.15) is 0 Å². The van der Waals surface area contributed by atoms with Gasteiger partial charge in [-0.3, -0.25) is 0 Å². The molecule has 0 radical (unpaired) electrons. The van der Waals surface area contributed by atoms with Crippen LogP contribution in [0.4, 0.5) is 4.79 Å². The Balaban J connectivity index is 2.08. The van der Waals surface area contributed by atoms with Crippen molar-refractivity contribution in [1.29, 1.82) is 0 Å². The third-order valence-corrected chi connectivity index (χ3v) is 3.57. The predicted molar refractivity (Wildman–Crippen MR) is 92.6 cm³/mol. The van der Waals surface area contributed by atoms with Crippen LogP contribution in [0.3, 0.4) is 0 Å². The number of carbonyl (C=O) groups is 2. The number of nitrogens with one attached hydrogen (secondary N) is 2. The van der Waals surface area contributed by atoms with Gasteiger partial charge in [-0.05, 0) is 11.6 Å². The zero-order valence-electron chi connectivity index (χ0n) is 12.6. The first-order valence-corrected chi connectivity index (χ1v) is 8.06. The van der Waals surface area contributed by atoms with E-state index >= 15 is 0 Å². The van der Waals surface area contributed by atoms with Crippen molar-refractivity contribution in [3.8, 4) is 0 Å². The Hall–Kier alpha value is -1.63. The van der Waals surface area contributed by atoms with Gasteiger partial charge in [0, 0.05) is 23.5 Å². The number of rotatable bonds is 5. The van der Waals surface area contributed by atoms with E-state index in [-0.39, 0.29) is 6.42 Å². The van der Waals surface area contributed by atoms with Gasteiger partial charge in [0.2, 0.25) is 3.79 Å². The molecule has 0 aliphatic carbocycles. The van der Waals surface area contributed by atoms with Gasteiger partial charge in [0.05, 0.1) is 7.11 Å². The number of alkyl halides is 3. The topological polar surface area (TPSA) is 80.4 Å². The lowest BCUT2D eigenvalue weighted by atomic mass is 10.1. The summed E-state index contributed by atoms with van der Waals surface area (Å²) in [6, 6.07) is 6.67. The van der Waals surface area contributed by atoms with Crippen LogP contribution < -0.4 is 5.32 Å². The summed E-state index contributed by atoms with van der Waals surface area (Å²) in [4.78, 5) is 26.8. The first-order chi connectivity index (χ1) is 11.3. The minimum atomic E-state index is -1.73. The number of aromatic amines is 1. The summed E-state index contributed by atoms with van der Waals surface area (Å²) >= 11 is 16.5. The molecule has 1 amide bonds. The van der Waals surface area contributed by atoms with Crippen molar-refractivity contribution >= 4 is 57.8 Å². The zero-order chi connectivity index (χ0) is 17.7. The summed E-state index contributed by atoms with van der Waals surface area (Å²) in [6.07, 6.45) is 1.12. The molecule has 0 saturated carbocycles. The Morgan fingerprint density at radius 2 is 2.00 bits per heavy atom. The van der Waals surface area contributed by atoms with Crippen LogP contribution in [-0.2, 0) is 20.7 Å². The third-order valence-electron chi connectivity index (χ3n) is 3.24. The predicted octanol–water partition coefficient (Wildman–Crippen LogP) is 3.35. The molecule has 2 aromatic rings. The Kier molecular flexibility index (Phi) is 6.21. The number of ether oxygens (including phenoxy) is 2. The fraction of sp³-hybridized carbons (Fsp3) is 0.333. The zero-order valence-corrected chi connectivity index (χ0v) is 14.9. The Morgan fingerprint density at radius 1 is 1.29 bits per heavy atom. The molecule has 0 unspecified atom stereocenters. The maximum Gasteiger partial charge on any atom is 0.408 e. The molecule has 9 heteroatoms. The van der Waals surface area contributed by atoms with Crippen LogP contribution in [0.15, 0.2) is 30.5 Å². The number of hydrogen-bond acceptors (Lipinski definition) is 4. The minimum Gasteiger partial charge on any atom is -0.467 e. The fourth-order valence-electron chi connectivity index (χ4n) is 2.19. The molecule has 0 aliphatic heterocycles. The molecule has 0 saturated heterocycles. The molecule has 1 aromatic carbocycles. The van der Waals surface area contributed by atoms with Gasteiger partial charge in [0.1, 0.15) is 12.6 Å².